The quantitative estimate of drug-likeness (QED) is 0.248. The number of benzene rings is 4. The van der Waals surface area contributed by atoms with Crippen LogP contribution >= 0.6 is 45.2 Å². The molecule has 4 nitrogen and oxygen atoms in total. The van der Waals surface area contributed by atoms with E-state index in [9.17, 15) is 8.42 Å². The lowest BCUT2D eigenvalue weighted by Crippen LogP contribution is -2.31. The highest BCUT2D eigenvalue weighted by Crippen LogP contribution is 2.47. The lowest BCUT2D eigenvalue weighted by atomic mass is 9.93. The van der Waals surface area contributed by atoms with E-state index in [1.54, 1.807) is 7.11 Å². The SMILES string of the molecule is COc1c(I)cc2ccccc2c1-c1c(S(=O)(=O)NC(C)C)c(I)cc2ccccc12. The first-order valence-electron chi connectivity index (χ1n) is 9.73. The highest BCUT2D eigenvalue weighted by molar-refractivity contribution is 14.1. The Balaban J connectivity index is 2.28. The van der Waals surface area contributed by atoms with Crippen molar-refractivity contribution in [3.8, 4) is 16.9 Å². The molecule has 0 atom stereocenters. The molecular weight excluding hydrogens is 636 g/mol. The Hall–Kier alpha value is -1.43. The van der Waals surface area contributed by atoms with Crippen LogP contribution in [0.5, 0.6) is 5.75 Å². The second-order valence-corrected chi connectivity index (χ2v) is 11.5. The molecule has 0 radical (unpaired) electrons. The van der Waals surface area contributed by atoms with E-state index in [2.05, 4.69) is 56.0 Å². The van der Waals surface area contributed by atoms with Crippen molar-refractivity contribution in [2.24, 2.45) is 0 Å². The van der Waals surface area contributed by atoms with Crippen molar-refractivity contribution < 1.29 is 13.2 Å². The average molecular weight is 657 g/mol. The molecule has 0 aliphatic carbocycles. The predicted octanol–water partition coefficient (Wildman–Crippen LogP) is 6.56. The van der Waals surface area contributed by atoms with Gasteiger partial charge in [0.15, 0.2) is 0 Å². The van der Waals surface area contributed by atoms with Crippen molar-refractivity contribution in [2.45, 2.75) is 24.8 Å². The maximum absolute atomic E-state index is 13.6. The number of hydrogen-bond acceptors (Lipinski definition) is 3. The molecule has 0 fully saturated rings. The maximum Gasteiger partial charge on any atom is 0.242 e. The van der Waals surface area contributed by atoms with E-state index in [0.29, 0.717) is 14.9 Å². The Labute approximate surface area is 209 Å². The Morgan fingerprint density at radius 1 is 0.839 bits per heavy atom. The summed E-state index contributed by atoms with van der Waals surface area (Å²) < 4.78 is 37.4. The fraction of sp³-hybridized carbons (Fsp3) is 0.167. The van der Waals surface area contributed by atoms with Gasteiger partial charge in [-0.15, -0.1) is 0 Å². The zero-order chi connectivity index (χ0) is 22.3. The summed E-state index contributed by atoms with van der Waals surface area (Å²) in [6, 6.07) is 19.7. The molecule has 0 amide bonds. The summed E-state index contributed by atoms with van der Waals surface area (Å²) in [5, 5.41) is 3.84. The molecule has 4 rings (SSSR count). The molecule has 0 saturated carbocycles. The van der Waals surface area contributed by atoms with E-state index in [1.165, 1.54) is 0 Å². The molecule has 0 spiro atoms. The van der Waals surface area contributed by atoms with Gasteiger partial charge in [-0.3, -0.25) is 0 Å². The number of nitrogens with one attached hydrogen (secondary N) is 1. The number of hydrogen-bond donors (Lipinski definition) is 1. The largest absolute Gasteiger partial charge is 0.495 e. The van der Waals surface area contributed by atoms with Crippen LogP contribution in [-0.4, -0.2) is 21.6 Å². The fourth-order valence-corrected chi connectivity index (χ4v) is 7.75. The molecule has 0 bridgehead atoms. The van der Waals surface area contributed by atoms with Gasteiger partial charge in [0.25, 0.3) is 0 Å². The van der Waals surface area contributed by atoms with E-state index in [-0.39, 0.29) is 10.9 Å². The minimum Gasteiger partial charge on any atom is -0.495 e. The van der Waals surface area contributed by atoms with Crippen LogP contribution in [0.1, 0.15) is 13.8 Å². The van der Waals surface area contributed by atoms with Gasteiger partial charge < -0.3 is 4.74 Å². The summed E-state index contributed by atoms with van der Waals surface area (Å²) in [4.78, 5) is 0.283. The monoisotopic (exact) mass is 657 g/mol. The summed E-state index contributed by atoms with van der Waals surface area (Å²) in [6.45, 7) is 3.65. The van der Waals surface area contributed by atoms with Gasteiger partial charge in [0.05, 0.1) is 10.7 Å². The molecule has 1 N–H and O–H groups in total. The van der Waals surface area contributed by atoms with Gasteiger partial charge >= 0.3 is 0 Å². The minimum absolute atomic E-state index is 0.227. The molecule has 31 heavy (non-hydrogen) atoms. The number of methoxy groups -OCH3 is 1. The van der Waals surface area contributed by atoms with Gasteiger partial charge in [0.2, 0.25) is 10.0 Å². The van der Waals surface area contributed by atoms with Crippen molar-refractivity contribution in [3.05, 3.63) is 67.8 Å². The molecular formula is C24H21I2NO3S. The van der Waals surface area contributed by atoms with Crippen molar-refractivity contribution in [2.75, 3.05) is 7.11 Å². The van der Waals surface area contributed by atoms with Gasteiger partial charge in [-0.2, -0.15) is 0 Å². The van der Waals surface area contributed by atoms with E-state index in [4.69, 9.17) is 4.74 Å². The second kappa shape index (κ2) is 8.84. The average Bonchev–Trinajstić information content (AvgIpc) is 2.70. The van der Waals surface area contributed by atoms with Crippen LogP contribution in [0.15, 0.2) is 65.6 Å². The molecule has 0 saturated heterocycles. The summed E-state index contributed by atoms with van der Waals surface area (Å²) in [7, 11) is -2.15. The summed E-state index contributed by atoms with van der Waals surface area (Å²) in [5.41, 5.74) is 1.46. The first kappa shape index (κ1) is 22.8. The van der Waals surface area contributed by atoms with Crippen LogP contribution in [0.3, 0.4) is 0 Å². The van der Waals surface area contributed by atoms with Crippen molar-refractivity contribution in [1.29, 1.82) is 0 Å². The van der Waals surface area contributed by atoms with Gasteiger partial charge in [0.1, 0.15) is 10.6 Å². The van der Waals surface area contributed by atoms with Gasteiger partial charge in [0, 0.05) is 20.7 Å². The number of fused-ring (bicyclic) bond motifs is 2. The van der Waals surface area contributed by atoms with Gasteiger partial charge in [-0.25, -0.2) is 13.1 Å². The smallest absolute Gasteiger partial charge is 0.242 e. The summed E-state index contributed by atoms with van der Waals surface area (Å²) >= 11 is 4.38. The van der Waals surface area contributed by atoms with Crippen LogP contribution in [0.4, 0.5) is 0 Å². The number of halogens is 2. The molecule has 0 aromatic heterocycles. The minimum atomic E-state index is -3.78. The zero-order valence-electron chi connectivity index (χ0n) is 17.2. The van der Waals surface area contributed by atoms with Crippen LogP contribution in [0.2, 0.25) is 0 Å². The number of sulfonamides is 1. The van der Waals surface area contributed by atoms with E-state index in [0.717, 1.165) is 30.7 Å². The Morgan fingerprint density at radius 3 is 1.90 bits per heavy atom. The molecule has 160 valence electrons. The zero-order valence-corrected chi connectivity index (χ0v) is 22.4. The normalized spacial score (nSPS) is 12.1. The van der Waals surface area contributed by atoms with Gasteiger partial charge in [-0.05, 0) is 92.7 Å². The molecule has 0 heterocycles. The van der Waals surface area contributed by atoms with Crippen LogP contribution < -0.4 is 9.46 Å². The first-order chi connectivity index (χ1) is 14.7. The first-order valence-corrected chi connectivity index (χ1v) is 13.4. The van der Waals surface area contributed by atoms with Crippen LogP contribution in [0, 0.1) is 7.14 Å². The molecule has 4 aromatic rings. The number of rotatable bonds is 5. The third-order valence-electron chi connectivity index (χ3n) is 5.03. The fourth-order valence-electron chi connectivity index (χ4n) is 3.92. The highest BCUT2D eigenvalue weighted by atomic mass is 127. The standard InChI is InChI=1S/C24H21I2NO3S/c1-14(2)27-31(28,29)24-20(26)13-16-9-5-7-11-18(16)22(24)21-17-10-6-4-8-15(17)12-19(25)23(21)30-3/h4-14,27H,1-3H3. The third kappa shape index (κ3) is 4.17. The third-order valence-corrected chi connectivity index (χ3v) is 8.79. The van der Waals surface area contributed by atoms with Crippen molar-refractivity contribution in [3.63, 3.8) is 0 Å². The molecule has 0 aliphatic heterocycles. The predicted molar refractivity (Wildman–Crippen MR) is 144 cm³/mol. The number of ether oxygens (including phenoxy) is 1. The van der Waals surface area contributed by atoms with E-state index in [1.807, 2.05) is 68.4 Å². The van der Waals surface area contributed by atoms with Crippen LogP contribution in [-0.2, 0) is 10.0 Å². The Kier molecular flexibility index (Phi) is 6.49. The lowest BCUT2D eigenvalue weighted by molar-refractivity contribution is 0.414. The summed E-state index contributed by atoms with van der Waals surface area (Å²) in [5.74, 6) is 0.674. The second-order valence-electron chi connectivity index (χ2n) is 7.55. The highest BCUT2D eigenvalue weighted by Gasteiger charge is 2.29. The maximum atomic E-state index is 13.6. The summed E-state index contributed by atoms with van der Waals surface area (Å²) in [6.07, 6.45) is 0. The molecule has 0 aliphatic rings. The molecule has 7 heteroatoms. The van der Waals surface area contributed by atoms with Gasteiger partial charge in [-0.1, -0.05) is 48.5 Å². The Morgan fingerprint density at radius 2 is 1.35 bits per heavy atom. The van der Waals surface area contributed by atoms with Crippen LogP contribution in [0.25, 0.3) is 32.7 Å². The van der Waals surface area contributed by atoms with E-state index >= 15 is 0 Å². The lowest BCUT2D eigenvalue weighted by Gasteiger charge is -2.21. The van der Waals surface area contributed by atoms with E-state index < -0.39 is 10.0 Å². The van der Waals surface area contributed by atoms with Crippen molar-refractivity contribution >= 4 is 76.7 Å². The Bertz CT molecular complexity index is 1420. The topological polar surface area (TPSA) is 55.4 Å². The van der Waals surface area contributed by atoms with Crippen molar-refractivity contribution in [1.82, 2.24) is 4.72 Å². The molecule has 4 aromatic carbocycles. The molecule has 0 unspecified atom stereocenters.